The van der Waals surface area contributed by atoms with Crippen LogP contribution in [-0.4, -0.2) is 27.8 Å². The molecule has 0 aliphatic carbocycles. The second-order valence-electron chi connectivity index (χ2n) is 4.56. The molecule has 112 valence electrons. The summed E-state index contributed by atoms with van der Waals surface area (Å²) in [6.07, 6.45) is 0. The largest absolute Gasteiger partial charge is 0.396 e. The Hall–Kier alpha value is -0.540. The highest BCUT2D eigenvalue weighted by molar-refractivity contribution is 9.11. The molecule has 0 amide bonds. The Morgan fingerprint density at radius 3 is 1.90 bits per heavy atom. The summed E-state index contributed by atoms with van der Waals surface area (Å²) in [4.78, 5) is 0. The smallest absolute Gasteiger partial charge is 0.157 e. The summed E-state index contributed by atoms with van der Waals surface area (Å²) >= 11 is 5.25. The third-order valence-corrected chi connectivity index (χ3v) is 10.0. The number of aliphatic hydroxyl groups excluding tert-OH is 1. The van der Waals surface area contributed by atoms with Crippen molar-refractivity contribution < 1.29 is 9.67 Å². The van der Waals surface area contributed by atoms with Crippen LogP contribution in [0.2, 0.25) is 0 Å². The van der Waals surface area contributed by atoms with E-state index in [1.54, 1.807) is 11.8 Å². The SMILES string of the molecule is O=P(c1ccccc1)(c1ccccc1)C(Br)CSCCO. The molecule has 1 atom stereocenters. The van der Waals surface area contributed by atoms with Crippen LogP contribution in [0, 0.1) is 0 Å². The van der Waals surface area contributed by atoms with Crippen LogP contribution in [0.1, 0.15) is 0 Å². The van der Waals surface area contributed by atoms with E-state index < -0.39 is 7.14 Å². The molecule has 0 heterocycles. The summed E-state index contributed by atoms with van der Waals surface area (Å²) in [7, 11) is -2.74. The Bertz CT molecular complexity index is 548. The number of hydrogen-bond donors (Lipinski definition) is 1. The highest BCUT2D eigenvalue weighted by Crippen LogP contribution is 2.52. The molecule has 0 bridgehead atoms. The Labute approximate surface area is 138 Å². The Balaban J connectivity index is 2.38. The number of thioether (sulfide) groups is 1. The molecular weight excluding hydrogens is 367 g/mol. The molecule has 5 heteroatoms. The van der Waals surface area contributed by atoms with Crippen molar-refractivity contribution in [2.75, 3.05) is 18.1 Å². The zero-order chi connectivity index (χ0) is 15.1. The van der Waals surface area contributed by atoms with Crippen LogP contribution in [0.25, 0.3) is 0 Å². The highest BCUT2D eigenvalue weighted by Gasteiger charge is 2.34. The van der Waals surface area contributed by atoms with Gasteiger partial charge in [-0.1, -0.05) is 76.6 Å². The standard InChI is InChI=1S/C16H18BrO2PS/c17-16(13-21-12-11-18)20(19,14-7-3-1-4-8-14)15-9-5-2-6-10-15/h1-10,16,18H,11-13H2. The monoisotopic (exact) mass is 384 g/mol. The second-order valence-corrected chi connectivity index (χ2v) is 10.5. The van der Waals surface area contributed by atoms with Crippen molar-refractivity contribution in [1.82, 2.24) is 0 Å². The van der Waals surface area contributed by atoms with E-state index in [4.69, 9.17) is 5.11 Å². The van der Waals surface area contributed by atoms with Gasteiger partial charge in [0.15, 0.2) is 7.14 Å². The summed E-state index contributed by atoms with van der Waals surface area (Å²) in [5, 5.41) is 10.6. The molecular formula is C16H18BrO2PS. The molecule has 0 saturated heterocycles. The Kier molecular flexibility index (Phi) is 6.56. The van der Waals surface area contributed by atoms with Gasteiger partial charge in [-0.05, 0) is 0 Å². The van der Waals surface area contributed by atoms with Crippen LogP contribution in [-0.2, 0) is 4.57 Å². The molecule has 0 aliphatic rings. The molecule has 0 radical (unpaired) electrons. The fourth-order valence-corrected chi connectivity index (χ4v) is 7.92. The highest BCUT2D eigenvalue weighted by atomic mass is 79.9. The maximum atomic E-state index is 13.8. The number of rotatable bonds is 7. The number of hydrogen-bond acceptors (Lipinski definition) is 3. The Morgan fingerprint density at radius 2 is 1.48 bits per heavy atom. The number of alkyl halides is 1. The van der Waals surface area contributed by atoms with Gasteiger partial charge in [0, 0.05) is 22.1 Å². The minimum atomic E-state index is -2.74. The van der Waals surface area contributed by atoms with Crippen molar-refractivity contribution in [2.45, 2.75) is 4.57 Å². The maximum absolute atomic E-state index is 13.8. The van der Waals surface area contributed by atoms with E-state index in [0.717, 1.165) is 10.6 Å². The number of benzene rings is 2. The molecule has 0 aliphatic heterocycles. The predicted molar refractivity (Wildman–Crippen MR) is 96.9 cm³/mol. The van der Waals surface area contributed by atoms with Crippen LogP contribution in [0.15, 0.2) is 60.7 Å². The first kappa shape index (κ1) is 16.8. The van der Waals surface area contributed by atoms with Crippen molar-refractivity contribution >= 4 is 45.4 Å². The lowest BCUT2D eigenvalue weighted by molar-refractivity contribution is 0.322. The first-order chi connectivity index (χ1) is 10.2. The van der Waals surface area contributed by atoms with Crippen LogP contribution in [0.3, 0.4) is 0 Å². The van der Waals surface area contributed by atoms with Crippen LogP contribution < -0.4 is 10.6 Å². The molecule has 2 aromatic carbocycles. The lowest BCUT2D eigenvalue weighted by atomic mass is 10.4. The molecule has 0 fully saturated rings. The predicted octanol–water partition coefficient (Wildman–Crippen LogP) is 3.45. The normalized spacial score (nSPS) is 13.0. The van der Waals surface area contributed by atoms with Gasteiger partial charge in [-0.2, -0.15) is 11.8 Å². The van der Waals surface area contributed by atoms with E-state index in [2.05, 4.69) is 15.9 Å². The van der Waals surface area contributed by atoms with Crippen molar-refractivity contribution in [3.8, 4) is 0 Å². The molecule has 1 N–H and O–H groups in total. The maximum Gasteiger partial charge on any atom is 0.157 e. The van der Waals surface area contributed by atoms with Gasteiger partial charge in [0.25, 0.3) is 0 Å². The molecule has 2 rings (SSSR count). The zero-order valence-electron chi connectivity index (χ0n) is 11.6. The van der Waals surface area contributed by atoms with Gasteiger partial charge in [-0.3, -0.25) is 0 Å². The fraction of sp³-hybridized carbons (Fsp3) is 0.250. The van der Waals surface area contributed by atoms with Crippen LogP contribution >= 0.6 is 34.8 Å². The average Bonchev–Trinajstić information content (AvgIpc) is 2.56. The van der Waals surface area contributed by atoms with Crippen molar-refractivity contribution in [3.05, 3.63) is 60.7 Å². The third kappa shape index (κ3) is 4.01. The molecule has 2 nitrogen and oxygen atoms in total. The molecule has 0 spiro atoms. The minimum Gasteiger partial charge on any atom is -0.396 e. The summed E-state index contributed by atoms with van der Waals surface area (Å²) < 4.78 is 13.6. The third-order valence-electron chi connectivity index (χ3n) is 3.17. The van der Waals surface area contributed by atoms with Crippen LogP contribution in [0.4, 0.5) is 0 Å². The summed E-state index contributed by atoms with van der Waals surface area (Å²) in [5.74, 6) is 1.35. The van der Waals surface area contributed by atoms with E-state index >= 15 is 0 Å². The van der Waals surface area contributed by atoms with Crippen molar-refractivity contribution in [2.24, 2.45) is 0 Å². The lowest BCUT2D eigenvalue weighted by Gasteiger charge is -2.24. The first-order valence-electron chi connectivity index (χ1n) is 6.73. The average molecular weight is 385 g/mol. The molecule has 0 aromatic heterocycles. The van der Waals surface area contributed by atoms with Crippen LogP contribution in [0.5, 0.6) is 0 Å². The minimum absolute atomic E-state index is 0.144. The van der Waals surface area contributed by atoms with Gasteiger partial charge < -0.3 is 9.67 Å². The molecule has 0 saturated carbocycles. The van der Waals surface area contributed by atoms with Gasteiger partial charge in [0.2, 0.25) is 0 Å². The molecule has 1 unspecified atom stereocenters. The van der Waals surface area contributed by atoms with E-state index in [1.165, 1.54) is 0 Å². The van der Waals surface area contributed by atoms with Gasteiger partial charge in [-0.15, -0.1) is 0 Å². The zero-order valence-corrected chi connectivity index (χ0v) is 14.9. The first-order valence-corrected chi connectivity index (χ1v) is 10.6. The lowest BCUT2D eigenvalue weighted by Crippen LogP contribution is -2.24. The van der Waals surface area contributed by atoms with E-state index in [-0.39, 0.29) is 11.2 Å². The summed E-state index contributed by atoms with van der Waals surface area (Å²) in [5.41, 5.74) is 0. The number of halogens is 1. The van der Waals surface area contributed by atoms with Gasteiger partial charge >= 0.3 is 0 Å². The van der Waals surface area contributed by atoms with E-state index in [9.17, 15) is 4.57 Å². The van der Waals surface area contributed by atoms with Gasteiger partial charge in [0.05, 0.1) is 11.2 Å². The van der Waals surface area contributed by atoms with E-state index in [1.807, 2.05) is 60.7 Å². The van der Waals surface area contributed by atoms with Crippen molar-refractivity contribution in [1.29, 1.82) is 0 Å². The molecule has 21 heavy (non-hydrogen) atoms. The van der Waals surface area contributed by atoms with E-state index in [0.29, 0.717) is 11.5 Å². The fourth-order valence-electron chi connectivity index (χ4n) is 2.12. The molecule has 2 aromatic rings. The topological polar surface area (TPSA) is 37.3 Å². The quantitative estimate of drug-likeness (QED) is 0.451. The van der Waals surface area contributed by atoms with Gasteiger partial charge in [-0.25, -0.2) is 0 Å². The number of aliphatic hydroxyl groups is 1. The Morgan fingerprint density at radius 1 is 1.00 bits per heavy atom. The van der Waals surface area contributed by atoms with Crippen molar-refractivity contribution in [3.63, 3.8) is 0 Å². The second kappa shape index (κ2) is 8.19. The summed E-state index contributed by atoms with van der Waals surface area (Å²) in [6.45, 7) is 0.144. The summed E-state index contributed by atoms with van der Waals surface area (Å²) in [6, 6.07) is 19.3. The van der Waals surface area contributed by atoms with Gasteiger partial charge in [0.1, 0.15) is 0 Å².